The zero-order valence-electron chi connectivity index (χ0n) is 20.1. The third-order valence-electron chi connectivity index (χ3n) is 6.49. The molecule has 9 heteroatoms. The monoisotopic (exact) mass is 497 g/mol. The third-order valence-corrected chi connectivity index (χ3v) is 6.72. The van der Waals surface area contributed by atoms with E-state index in [9.17, 15) is 14.4 Å². The van der Waals surface area contributed by atoms with Gasteiger partial charge in [-0.2, -0.15) is 0 Å². The number of nitrogens with zero attached hydrogens (tertiary/aromatic N) is 3. The molecule has 0 atom stereocenters. The quantitative estimate of drug-likeness (QED) is 0.443. The molecule has 8 nitrogen and oxygen atoms in total. The Balaban J connectivity index is 1.31. The van der Waals surface area contributed by atoms with Crippen molar-refractivity contribution in [3.05, 3.63) is 73.9 Å². The SMILES string of the molecule is CCCCCn1c(=O)[nH]c2cc(C(=O)NCCN3CCN(c4cccc(Cl)c4)CC3)ccc2c1=O. The number of aromatic nitrogens is 2. The van der Waals surface area contributed by atoms with Crippen LogP contribution in [0.5, 0.6) is 0 Å². The molecule has 1 aliphatic heterocycles. The van der Waals surface area contributed by atoms with Crippen molar-refractivity contribution in [3.8, 4) is 0 Å². The van der Waals surface area contributed by atoms with Crippen LogP contribution in [-0.4, -0.2) is 59.6 Å². The number of hydrogen-bond donors (Lipinski definition) is 2. The lowest BCUT2D eigenvalue weighted by molar-refractivity contribution is 0.0948. The van der Waals surface area contributed by atoms with Gasteiger partial charge in [0.25, 0.3) is 11.5 Å². The maximum Gasteiger partial charge on any atom is 0.328 e. The number of benzene rings is 2. The highest BCUT2D eigenvalue weighted by molar-refractivity contribution is 6.30. The molecular weight excluding hydrogens is 466 g/mol. The predicted molar refractivity (Wildman–Crippen MR) is 141 cm³/mol. The summed E-state index contributed by atoms with van der Waals surface area (Å²) < 4.78 is 1.24. The molecule has 0 aliphatic carbocycles. The number of nitrogens with one attached hydrogen (secondary N) is 2. The number of anilines is 1. The first-order chi connectivity index (χ1) is 17.0. The zero-order valence-corrected chi connectivity index (χ0v) is 20.8. The van der Waals surface area contributed by atoms with Crippen LogP contribution in [0.25, 0.3) is 10.9 Å². The molecule has 35 heavy (non-hydrogen) atoms. The van der Waals surface area contributed by atoms with Gasteiger partial charge in [0, 0.05) is 62.1 Å². The molecule has 2 N–H and O–H groups in total. The first-order valence-electron chi connectivity index (χ1n) is 12.2. The average Bonchev–Trinajstić information content (AvgIpc) is 2.86. The summed E-state index contributed by atoms with van der Waals surface area (Å²) in [7, 11) is 0. The minimum Gasteiger partial charge on any atom is -0.369 e. The highest BCUT2D eigenvalue weighted by Crippen LogP contribution is 2.20. The number of H-pyrrole nitrogens is 1. The second kappa shape index (κ2) is 11.6. The Morgan fingerprint density at radius 2 is 1.83 bits per heavy atom. The Labute approximate surface area is 209 Å². The van der Waals surface area contributed by atoms with Crippen LogP contribution >= 0.6 is 11.6 Å². The largest absolute Gasteiger partial charge is 0.369 e. The van der Waals surface area contributed by atoms with E-state index in [2.05, 4.69) is 33.1 Å². The molecule has 0 saturated carbocycles. The van der Waals surface area contributed by atoms with E-state index in [1.807, 2.05) is 18.2 Å². The molecule has 0 radical (unpaired) electrons. The first kappa shape index (κ1) is 25.0. The Bertz CT molecular complexity index is 1290. The molecule has 1 aromatic heterocycles. The Morgan fingerprint density at radius 1 is 1.03 bits per heavy atom. The van der Waals surface area contributed by atoms with Gasteiger partial charge < -0.3 is 15.2 Å². The number of fused-ring (bicyclic) bond motifs is 1. The van der Waals surface area contributed by atoms with Gasteiger partial charge in [-0.05, 0) is 42.8 Å². The first-order valence-corrected chi connectivity index (χ1v) is 12.6. The number of rotatable bonds is 9. The molecule has 2 aromatic carbocycles. The van der Waals surface area contributed by atoms with E-state index >= 15 is 0 Å². The van der Waals surface area contributed by atoms with Crippen molar-refractivity contribution in [1.29, 1.82) is 0 Å². The lowest BCUT2D eigenvalue weighted by Gasteiger charge is -2.36. The highest BCUT2D eigenvalue weighted by atomic mass is 35.5. The third kappa shape index (κ3) is 6.13. The number of piperazine rings is 1. The number of aromatic amines is 1. The summed E-state index contributed by atoms with van der Waals surface area (Å²) in [5, 5.41) is 4.10. The minimum atomic E-state index is -0.437. The van der Waals surface area contributed by atoms with E-state index in [-0.39, 0.29) is 11.5 Å². The molecule has 0 unspecified atom stereocenters. The summed E-state index contributed by atoms with van der Waals surface area (Å²) in [6, 6.07) is 12.7. The van der Waals surface area contributed by atoms with Crippen LogP contribution in [0.3, 0.4) is 0 Å². The topological polar surface area (TPSA) is 90.4 Å². The summed E-state index contributed by atoms with van der Waals surface area (Å²) in [5.41, 5.74) is 1.18. The fraction of sp³-hybridized carbons (Fsp3) is 0.423. The van der Waals surface area contributed by atoms with Crippen molar-refractivity contribution in [2.45, 2.75) is 32.7 Å². The van der Waals surface area contributed by atoms with E-state index < -0.39 is 5.69 Å². The smallest absolute Gasteiger partial charge is 0.328 e. The second-order valence-corrected chi connectivity index (χ2v) is 9.36. The molecule has 3 aromatic rings. The van der Waals surface area contributed by atoms with E-state index in [1.54, 1.807) is 18.2 Å². The van der Waals surface area contributed by atoms with Crippen LogP contribution in [-0.2, 0) is 6.54 Å². The highest BCUT2D eigenvalue weighted by Gasteiger charge is 2.18. The minimum absolute atomic E-state index is 0.225. The number of halogens is 1. The number of amides is 1. The molecule has 1 fully saturated rings. The van der Waals surface area contributed by atoms with Gasteiger partial charge in [0.1, 0.15) is 0 Å². The molecule has 1 amide bonds. The molecule has 2 heterocycles. The van der Waals surface area contributed by atoms with Gasteiger partial charge in [-0.25, -0.2) is 4.79 Å². The van der Waals surface area contributed by atoms with Crippen LogP contribution in [0.1, 0.15) is 36.5 Å². The maximum absolute atomic E-state index is 12.7. The van der Waals surface area contributed by atoms with Crippen molar-refractivity contribution in [3.63, 3.8) is 0 Å². The normalized spacial score (nSPS) is 14.4. The van der Waals surface area contributed by atoms with Crippen molar-refractivity contribution < 1.29 is 4.79 Å². The number of hydrogen-bond acceptors (Lipinski definition) is 5. The summed E-state index contributed by atoms with van der Waals surface area (Å²) in [5.74, 6) is -0.225. The molecule has 1 aliphatic rings. The number of unbranched alkanes of at least 4 members (excludes halogenated alkanes) is 2. The molecular formula is C26H32ClN5O3. The van der Waals surface area contributed by atoms with Crippen LogP contribution in [0, 0.1) is 0 Å². The van der Waals surface area contributed by atoms with Gasteiger partial charge >= 0.3 is 5.69 Å². The van der Waals surface area contributed by atoms with Crippen LogP contribution in [0.4, 0.5) is 5.69 Å². The number of carbonyl (C=O) groups excluding carboxylic acids is 1. The van der Waals surface area contributed by atoms with Gasteiger partial charge in [-0.1, -0.05) is 37.4 Å². The van der Waals surface area contributed by atoms with E-state index in [1.165, 1.54) is 4.57 Å². The van der Waals surface area contributed by atoms with E-state index in [0.29, 0.717) is 29.6 Å². The summed E-state index contributed by atoms with van der Waals surface area (Å²) in [6.45, 7) is 7.36. The fourth-order valence-electron chi connectivity index (χ4n) is 4.45. The zero-order chi connectivity index (χ0) is 24.8. The molecule has 1 saturated heterocycles. The van der Waals surface area contributed by atoms with Gasteiger partial charge in [0.15, 0.2) is 0 Å². The predicted octanol–water partition coefficient (Wildman–Crippen LogP) is 3.09. The lowest BCUT2D eigenvalue weighted by Crippen LogP contribution is -2.48. The van der Waals surface area contributed by atoms with Crippen molar-refractivity contribution in [1.82, 2.24) is 19.8 Å². The van der Waals surface area contributed by atoms with Crippen LogP contribution in [0.2, 0.25) is 5.02 Å². The van der Waals surface area contributed by atoms with Crippen molar-refractivity contribution >= 4 is 34.1 Å². The van der Waals surface area contributed by atoms with Crippen molar-refractivity contribution in [2.75, 3.05) is 44.2 Å². The van der Waals surface area contributed by atoms with Gasteiger partial charge in [-0.3, -0.25) is 19.1 Å². The molecule has 0 spiro atoms. The van der Waals surface area contributed by atoms with E-state index in [0.717, 1.165) is 62.7 Å². The van der Waals surface area contributed by atoms with Gasteiger partial charge in [0.2, 0.25) is 0 Å². The number of carbonyl (C=O) groups is 1. The van der Waals surface area contributed by atoms with Gasteiger partial charge in [-0.15, -0.1) is 0 Å². The average molecular weight is 498 g/mol. The molecule has 4 rings (SSSR count). The van der Waals surface area contributed by atoms with E-state index in [4.69, 9.17) is 11.6 Å². The van der Waals surface area contributed by atoms with Crippen LogP contribution < -0.4 is 21.5 Å². The van der Waals surface area contributed by atoms with Gasteiger partial charge in [0.05, 0.1) is 10.9 Å². The fourth-order valence-corrected chi connectivity index (χ4v) is 4.64. The second-order valence-electron chi connectivity index (χ2n) is 8.92. The summed E-state index contributed by atoms with van der Waals surface area (Å²) in [4.78, 5) is 45.2. The van der Waals surface area contributed by atoms with Crippen LogP contribution in [0.15, 0.2) is 52.1 Å². The lowest BCUT2D eigenvalue weighted by atomic mass is 10.1. The standard InChI is InChI=1S/C26H32ClN5O3/c1-2-3-4-11-32-25(34)22-9-8-19(17-23(22)29-26(32)35)24(33)28-10-12-30-13-15-31(16-14-30)21-7-5-6-20(27)18-21/h5-9,17-18H,2-4,10-16H2,1H3,(H,28,33)(H,29,35). The summed E-state index contributed by atoms with van der Waals surface area (Å²) in [6.07, 6.45) is 2.75. The molecule has 0 bridgehead atoms. The summed E-state index contributed by atoms with van der Waals surface area (Å²) >= 11 is 6.11. The Morgan fingerprint density at radius 3 is 2.57 bits per heavy atom. The van der Waals surface area contributed by atoms with Crippen molar-refractivity contribution in [2.24, 2.45) is 0 Å². The Hall–Kier alpha value is -3.10. The molecule has 186 valence electrons. The maximum atomic E-state index is 12.7. The Kier molecular flexibility index (Phi) is 8.25.